The van der Waals surface area contributed by atoms with Crippen LogP contribution < -0.4 is 16.2 Å². The molecule has 1 aliphatic rings. The van der Waals surface area contributed by atoms with E-state index in [-0.39, 0.29) is 17.2 Å². The lowest BCUT2D eigenvalue weighted by Gasteiger charge is -2.19. The van der Waals surface area contributed by atoms with Gasteiger partial charge in [0.25, 0.3) is 5.56 Å². The van der Waals surface area contributed by atoms with Gasteiger partial charge in [-0.1, -0.05) is 29.8 Å². The van der Waals surface area contributed by atoms with E-state index in [0.29, 0.717) is 29.2 Å². The molecule has 6 nitrogen and oxygen atoms in total. The predicted octanol–water partition coefficient (Wildman–Crippen LogP) is 4.79. The third-order valence-electron chi connectivity index (χ3n) is 5.60. The maximum atomic E-state index is 14.7. The average molecular weight is 466 g/mol. The van der Waals surface area contributed by atoms with Crippen molar-refractivity contribution >= 4 is 34.8 Å². The molecule has 2 aromatic carbocycles. The Labute approximate surface area is 194 Å². The van der Waals surface area contributed by atoms with Crippen LogP contribution in [-0.2, 0) is 9.59 Å². The van der Waals surface area contributed by atoms with Crippen LogP contribution >= 0.6 is 11.6 Å². The fourth-order valence-corrected chi connectivity index (χ4v) is 4.06. The number of allylic oxidation sites excluding steroid dienone is 1. The highest BCUT2D eigenvalue weighted by atomic mass is 35.5. The molecule has 0 spiro atoms. The largest absolute Gasteiger partial charge is 0.326 e. The van der Waals surface area contributed by atoms with Crippen molar-refractivity contribution in [3.05, 3.63) is 100 Å². The van der Waals surface area contributed by atoms with Crippen LogP contribution in [0.3, 0.4) is 0 Å². The number of nitrogens with one attached hydrogen (secondary N) is 2. The molecule has 1 fully saturated rings. The number of aromatic nitrogens is 1. The third kappa shape index (κ3) is 5.04. The molecule has 0 radical (unpaired) electrons. The summed E-state index contributed by atoms with van der Waals surface area (Å²) in [6.45, 7) is 3.93. The summed E-state index contributed by atoms with van der Waals surface area (Å²) in [7, 11) is 0. The summed E-state index contributed by atoms with van der Waals surface area (Å²) < 4.78 is 16.0. The molecule has 1 saturated carbocycles. The van der Waals surface area contributed by atoms with Gasteiger partial charge in [-0.05, 0) is 55.3 Å². The van der Waals surface area contributed by atoms with E-state index < -0.39 is 23.6 Å². The van der Waals surface area contributed by atoms with Crippen molar-refractivity contribution in [1.82, 2.24) is 4.57 Å². The fraction of sp³-hybridized carbons (Fsp3) is 0.160. The van der Waals surface area contributed by atoms with E-state index in [1.165, 1.54) is 29.0 Å². The average Bonchev–Trinajstić information content (AvgIpc) is 3.19. The number of benzene rings is 2. The van der Waals surface area contributed by atoms with Crippen LogP contribution in [0, 0.1) is 17.7 Å². The van der Waals surface area contributed by atoms with Gasteiger partial charge in [0, 0.05) is 29.0 Å². The molecule has 0 saturated heterocycles. The van der Waals surface area contributed by atoms with Crippen LogP contribution in [0.1, 0.15) is 12.8 Å². The van der Waals surface area contributed by atoms with Gasteiger partial charge < -0.3 is 10.6 Å². The maximum Gasteiger partial charge on any atom is 0.255 e. The summed E-state index contributed by atoms with van der Waals surface area (Å²) >= 11 is 5.88. The number of rotatable bonds is 5. The Morgan fingerprint density at radius 1 is 0.970 bits per heavy atom. The molecule has 2 amide bonds. The lowest BCUT2D eigenvalue weighted by molar-refractivity contribution is -0.128. The SMILES string of the molecule is C=C1CC(C(=O)Nc2ccc(Cl)cc2)C(C(=O)Nc2ccc(-n3ccccc3=O)cc2F)C1. The second kappa shape index (κ2) is 9.42. The van der Waals surface area contributed by atoms with E-state index >= 15 is 0 Å². The minimum absolute atomic E-state index is 0.0258. The minimum Gasteiger partial charge on any atom is -0.326 e. The lowest BCUT2D eigenvalue weighted by atomic mass is 9.94. The van der Waals surface area contributed by atoms with Crippen molar-refractivity contribution in [3.8, 4) is 5.69 Å². The number of pyridine rings is 1. The summed E-state index contributed by atoms with van der Waals surface area (Å²) in [5.74, 6) is -2.77. The molecule has 168 valence electrons. The van der Waals surface area contributed by atoms with Gasteiger partial charge in [0.1, 0.15) is 5.82 Å². The Morgan fingerprint density at radius 2 is 1.64 bits per heavy atom. The monoisotopic (exact) mass is 465 g/mol. The summed E-state index contributed by atoms with van der Waals surface area (Å²) in [5.41, 5.74) is 1.37. The van der Waals surface area contributed by atoms with Crippen LogP contribution in [0.25, 0.3) is 5.69 Å². The topological polar surface area (TPSA) is 80.2 Å². The van der Waals surface area contributed by atoms with Crippen molar-refractivity contribution in [2.45, 2.75) is 12.8 Å². The van der Waals surface area contributed by atoms with Crippen molar-refractivity contribution < 1.29 is 14.0 Å². The summed E-state index contributed by atoms with van der Waals surface area (Å²) in [6.07, 6.45) is 2.24. The van der Waals surface area contributed by atoms with Crippen molar-refractivity contribution in [2.75, 3.05) is 10.6 Å². The Balaban J connectivity index is 1.49. The number of hydrogen-bond donors (Lipinski definition) is 2. The van der Waals surface area contributed by atoms with E-state index in [1.807, 2.05) is 0 Å². The number of carbonyl (C=O) groups excluding carboxylic acids is 2. The van der Waals surface area contributed by atoms with E-state index in [4.69, 9.17) is 11.6 Å². The molecule has 4 rings (SSSR count). The Morgan fingerprint density at radius 3 is 2.27 bits per heavy atom. The third-order valence-corrected chi connectivity index (χ3v) is 5.85. The number of halogens is 2. The summed E-state index contributed by atoms with van der Waals surface area (Å²) in [4.78, 5) is 37.8. The van der Waals surface area contributed by atoms with Gasteiger partial charge in [-0.3, -0.25) is 19.0 Å². The van der Waals surface area contributed by atoms with Crippen molar-refractivity contribution in [3.63, 3.8) is 0 Å². The van der Waals surface area contributed by atoms with E-state index in [0.717, 1.165) is 5.57 Å². The number of nitrogens with zero attached hydrogens (tertiary/aromatic N) is 1. The first kappa shape index (κ1) is 22.5. The van der Waals surface area contributed by atoms with Crippen LogP contribution in [-0.4, -0.2) is 16.4 Å². The molecule has 33 heavy (non-hydrogen) atoms. The van der Waals surface area contributed by atoms with Crippen LogP contribution in [0.2, 0.25) is 5.02 Å². The second-order valence-electron chi connectivity index (χ2n) is 7.93. The highest BCUT2D eigenvalue weighted by molar-refractivity contribution is 6.30. The van der Waals surface area contributed by atoms with Gasteiger partial charge in [0.15, 0.2) is 0 Å². The maximum absolute atomic E-state index is 14.7. The van der Waals surface area contributed by atoms with Gasteiger partial charge in [0.05, 0.1) is 23.2 Å². The molecule has 3 aromatic rings. The molecule has 2 unspecified atom stereocenters. The molecule has 2 N–H and O–H groups in total. The fourth-order valence-electron chi connectivity index (χ4n) is 3.93. The molecule has 0 bridgehead atoms. The van der Waals surface area contributed by atoms with Gasteiger partial charge in [0.2, 0.25) is 11.8 Å². The number of anilines is 2. The van der Waals surface area contributed by atoms with E-state index in [2.05, 4.69) is 17.2 Å². The van der Waals surface area contributed by atoms with Crippen molar-refractivity contribution in [1.29, 1.82) is 0 Å². The molecule has 1 aliphatic carbocycles. The lowest BCUT2D eigenvalue weighted by Crippen LogP contribution is -2.33. The minimum atomic E-state index is -0.685. The first-order valence-electron chi connectivity index (χ1n) is 10.3. The van der Waals surface area contributed by atoms with E-state index in [1.54, 1.807) is 42.5 Å². The van der Waals surface area contributed by atoms with Crippen LogP contribution in [0.15, 0.2) is 83.8 Å². The Kier molecular flexibility index (Phi) is 6.42. The van der Waals surface area contributed by atoms with Gasteiger partial charge in [-0.25, -0.2) is 4.39 Å². The zero-order valence-electron chi connectivity index (χ0n) is 17.6. The zero-order chi connectivity index (χ0) is 23.5. The van der Waals surface area contributed by atoms with Crippen LogP contribution in [0.4, 0.5) is 15.8 Å². The first-order valence-corrected chi connectivity index (χ1v) is 10.7. The Hall–Kier alpha value is -3.71. The molecule has 2 atom stereocenters. The Bertz CT molecular complexity index is 1290. The number of amides is 2. The molecule has 0 aliphatic heterocycles. The quantitative estimate of drug-likeness (QED) is 0.532. The smallest absolute Gasteiger partial charge is 0.255 e. The molecular weight excluding hydrogens is 445 g/mol. The zero-order valence-corrected chi connectivity index (χ0v) is 18.3. The van der Waals surface area contributed by atoms with Crippen molar-refractivity contribution in [2.24, 2.45) is 11.8 Å². The molecular formula is C25H21ClFN3O3. The van der Waals surface area contributed by atoms with Gasteiger partial charge >= 0.3 is 0 Å². The first-order chi connectivity index (χ1) is 15.8. The highest BCUT2D eigenvalue weighted by Crippen LogP contribution is 2.37. The predicted molar refractivity (Wildman–Crippen MR) is 126 cm³/mol. The molecule has 8 heteroatoms. The van der Waals surface area contributed by atoms with Gasteiger partial charge in [-0.2, -0.15) is 0 Å². The second-order valence-corrected chi connectivity index (χ2v) is 8.37. The highest BCUT2D eigenvalue weighted by Gasteiger charge is 2.39. The molecule has 1 heterocycles. The summed E-state index contributed by atoms with van der Waals surface area (Å²) in [5, 5.41) is 5.93. The molecule has 1 aromatic heterocycles. The van der Waals surface area contributed by atoms with Gasteiger partial charge in [-0.15, -0.1) is 0 Å². The summed E-state index contributed by atoms with van der Waals surface area (Å²) in [6, 6.07) is 15.4. The van der Waals surface area contributed by atoms with E-state index in [9.17, 15) is 18.8 Å². The number of carbonyl (C=O) groups is 2. The standard InChI is InChI=1S/C25H21ClFN3O3/c1-15-12-19(24(32)28-17-7-5-16(26)6-8-17)20(13-15)25(33)29-22-10-9-18(14-21(22)27)30-11-3-2-4-23(30)31/h2-11,14,19-20H,1,12-13H2,(H,28,32)(H,29,33). The normalized spacial score (nSPS) is 17.6. The number of hydrogen-bond acceptors (Lipinski definition) is 3. The van der Waals surface area contributed by atoms with Crippen LogP contribution in [0.5, 0.6) is 0 Å².